The first-order chi connectivity index (χ1) is 6.40. The SMILES string of the molecule is CNC1CCCC1Cc1cncs1. The van der Waals surface area contributed by atoms with Crippen molar-refractivity contribution >= 4 is 11.3 Å². The summed E-state index contributed by atoms with van der Waals surface area (Å²) in [6.07, 6.45) is 7.34. The van der Waals surface area contributed by atoms with Crippen LogP contribution in [0.2, 0.25) is 0 Å². The lowest BCUT2D eigenvalue weighted by Gasteiger charge is -2.17. The molecule has 0 amide bonds. The second-order valence-electron chi connectivity index (χ2n) is 3.76. The first kappa shape index (κ1) is 9.16. The van der Waals surface area contributed by atoms with E-state index >= 15 is 0 Å². The first-order valence-corrected chi connectivity index (χ1v) is 5.82. The summed E-state index contributed by atoms with van der Waals surface area (Å²) in [4.78, 5) is 5.55. The van der Waals surface area contributed by atoms with Gasteiger partial charge in [-0.1, -0.05) is 6.42 Å². The maximum atomic E-state index is 4.11. The van der Waals surface area contributed by atoms with Crippen molar-refractivity contribution < 1.29 is 0 Å². The topological polar surface area (TPSA) is 24.9 Å². The van der Waals surface area contributed by atoms with Gasteiger partial charge in [0.05, 0.1) is 5.51 Å². The molecular weight excluding hydrogens is 180 g/mol. The molecule has 72 valence electrons. The van der Waals surface area contributed by atoms with Crippen molar-refractivity contribution in [3.8, 4) is 0 Å². The van der Waals surface area contributed by atoms with Gasteiger partial charge in [-0.05, 0) is 32.2 Å². The number of hydrogen-bond donors (Lipinski definition) is 1. The lowest BCUT2D eigenvalue weighted by molar-refractivity contribution is 0.425. The van der Waals surface area contributed by atoms with E-state index in [-0.39, 0.29) is 0 Å². The van der Waals surface area contributed by atoms with E-state index in [0.717, 1.165) is 12.0 Å². The van der Waals surface area contributed by atoms with Crippen LogP contribution in [0.1, 0.15) is 24.1 Å². The molecule has 0 saturated heterocycles. The van der Waals surface area contributed by atoms with Gasteiger partial charge < -0.3 is 5.32 Å². The Bertz CT molecular complexity index is 245. The van der Waals surface area contributed by atoms with Gasteiger partial charge in [-0.3, -0.25) is 4.98 Å². The summed E-state index contributed by atoms with van der Waals surface area (Å²) in [5, 5.41) is 3.41. The van der Waals surface area contributed by atoms with Gasteiger partial charge in [0, 0.05) is 17.1 Å². The maximum Gasteiger partial charge on any atom is 0.0794 e. The molecule has 1 aromatic heterocycles. The largest absolute Gasteiger partial charge is 0.317 e. The molecule has 1 heterocycles. The number of nitrogens with one attached hydrogen (secondary N) is 1. The second kappa shape index (κ2) is 4.20. The van der Waals surface area contributed by atoms with Gasteiger partial charge in [-0.15, -0.1) is 11.3 Å². The lowest BCUT2D eigenvalue weighted by atomic mass is 9.99. The van der Waals surface area contributed by atoms with Gasteiger partial charge in [0.15, 0.2) is 0 Å². The Morgan fingerprint density at radius 1 is 1.62 bits per heavy atom. The average molecular weight is 196 g/mol. The fourth-order valence-corrected chi connectivity index (χ4v) is 2.95. The quantitative estimate of drug-likeness (QED) is 0.800. The number of hydrogen-bond acceptors (Lipinski definition) is 3. The van der Waals surface area contributed by atoms with Crippen LogP contribution in [0.5, 0.6) is 0 Å². The minimum absolute atomic E-state index is 0.738. The molecule has 13 heavy (non-hydrogen) atoms. The molecule has 1 aliphatic rings. The van der Waals surface area contributed by atoms with E-state index in [1.165, 1.54) is 30.6 Å². The summed E-state index contributed by atoms with van der Waals surface area (Å²) in [5.74, 6) is 0.838. The molecule has 0 aromatic carbocycles. The minimum atomic E-state index is 0.738. The van der Waals surface area contributed by atoms with Gasteiger partial charge in [0.1, 0.15) is 0 Å². The van der Waals surface area contributed by atoms with E-state index in [9.17, 15) is 0 Å². The zero-order valence-electron chi connectivity index (χ0n) is 7.99. The Hall–Kier alpha value is -0.410. The molecule has 0 spiro atoms. The van der Waals surface area contributed by atoms with Crippen molar-refractivity contribution in [2.45, 2.75) is 31.7 Å². The van der Waals surface area contributed by atoms with Crippen molar-refractivity contribution in [1.82, 2.24) is 10.3 Å². The summed E-state index contributed by atoms with van der Waals surface area (Å²) < 4.78 is 0. The Morgan fingerprint density at radius 3 is 3.23 bits per heavy atom. The van der Waals surface area contributed by atoms with Crippen LogP contribution in [-0.4, -0.2) is 18.1 Å². The van der Waals surface area contributed by atoms with Crippen LogP contribution in [0.4, 0.5) is 0 Å². The molecule has 0 bridgehead atoms. The highest BCUT2D eigenvalue weighted by Gasteiger charge is 2.25. The Morgan fingerprint density at radius 2 is 2.54 bits per heavy atom. The molecule has 2 rings (SSSR count). The Balaban J connectivity index is 1.94. The molecule has 0 aliphatic heterocycles. The van der Waals surface area contributed by atoms with E-state index in [1.54, 1.807) is 11.3 Å². The van der Waals surface area contributed by atoms with Crippen LogP contribution in [0.25, 0.3) is 0 Å². The van der Waals surface area contributed by atoms with Gasteiger partial charge in [-0.25, -0.2) is 0 Å². The van der Waals surface area contributed by atoms with Crippen molar-refractivity contribution in [3.05, 3.63) is 16.6 Å². The third-order valence-corrected chi connectivity index (χ3v) is 3.78. The van der Waals surface area contributed by atoms with Crippen LogP contribution in [0.15, 0.2) is 11.7 Å². The molecule has 1 fully saturated rings. The van der Waals surface area contributed by atoms with Gasteiger partial charge in [0.25, 0.3) is 0 Å². The van der Waals surface area contributed by atoms with Crippen molar-refractivity contribution in [2.75, 3.05) is 7.05 Å². The first-order valence-electron chi connectivity index (χ1n) is 4.95. The molecule has 1 aliphatic carbocycles. The standard InChI is InChI=1S/C10H16N2S/c1-11-10-4-2-3-8(10)5-9-6-12-7-13-9/h6-8,10-11H,2-5H2,1H3. The molecule has 3 heteroatoms. The smallest absolute Gasteiger partial charge is 0.0794 e. The highest BCUT2D eigenvalue weighted by atomic mass is 32.1. The summed E-state index contributed by atoms with van der Waals surface area (Å²) in [6, 6.07) is 0.738. The Kier molecular flexibility index (Phi) is 2.96. The predicted octanol–water partition coefficient (Wildman–Crippen LogP) is 2.07. The van der Waals surface area contributed by atoms with Gasteiger partial charge >= 0.3 is 0 Å². The second-order valence-corrected chi connectivity index (χ2v) is 4.73. The highest BCUT2D eigenvalue weighted by molar-refractivity contribution is 7.09. The molecule has 1 aromatic rings. The fourth-order valence-electron chi connectivity index (χ4n) is 2.26. The highest BCUT2D eigenvalue weighted by Crippen LogP contribution is 2.29. The molecule has 2 atom stereocenters. The Labute approximate surface area is 83.4 Å². The zero-order valence-corrected chi connectivity index (χ0v) is 8.81. The lowest BCUT2D eigenvalue weighted by Crippen LogP contribution is -2.29. The number of rotatable bonds is 3. The maximum absolute atomic E-state index is 4.11. The molecule has 2 unspecified atom stereocenters. The number of thiazole rings is 1. The minimum Gasteiger partial charge on any atom is -0.317 e. The average Bonchev–Trinajstić information content (AvgIpc) is 2.76. The van der Waals surface area contributed by atoms with E-state index in [0.29, 0.717) is 0 Å². The van der Waals surface area contributed by atoms with Crippen LogP contribution < -0.4 is 5.32 Å². The molecule has 0 radical (unpaired) electrons. The van der Waals surface area contributed by atoms with E-state index in [1.807, 2.05) is 11.7 Å². The monoisotopic (exact) mass is 196 g/mol. The van der Waals surface area contributed by atoms with Crippen molar-refractivity contribution in [2.24, 2.45) is 5.92 Å². The van der Waals surface area contributed by atoms with Crippen LogP contribution in [-0.2, 0) is 6.42 Å². The number of aromatic nitrogens is 1. The predicted molar refractivity (Wildman–Crippen MR) is 56.0 cm³/mol. The zero-order chi connectivity index (χ0) is 9.10. The summed E-state index contributed by atoms with van der Waals surface area (Å²) in [7, 11) is 2.08. The number of nitrogens with zero attached hydrogens (tertiary/aromatic N) is 1. The van der Waals surface area contributed by atoms with E-state index in [2.05, 4.69) is 17.3 Å². The van der Waals surface area contributed by atoms with Crippen molar-refractivity contribution in [3.63, 3.8) is 0 Å². The van der Waals surface area contributed by atoms with E-state index < -0.39 is 0 Å². The van der Waals surface area contributed by atoms with E-state index in [4.69, 9.17) is 0 Å². The molecule has 1 N–H and O–H groups in total. The molecular formula is C10H16N2S. The molecule has 1 saturated carbocycles. The third kappa shape index (κ3) is 2.09. The third-order valence-electron chi connectivity index (χ3n) is 2.98. The summed E-state index contributed by atoms with van der Waals surface area (Å²) in [6.45, 7) is 0. The molecule has 2 nitrogen and oxygen atoms in total. The van der Waals surface area contributed by atoms with Crippen LogP contribution in [0, 0.1) is 5.92 Å². The van der Waals surface area contributed by atoms with Crippen LogP contribution in [0.3, 0.4) is 0 Å². The van der Waals surface area contributed by atoms with Crippen LogP contribution >= 0.6 is 11.3 Å². The summed E-state index contributed by atoms with van der Waals surface area (Å²) >= 11 is 1.78. The normalized spacial score (nSPS) is 28.1. The van der Waals surface area contributed by atoms with Crippen molar-refractivity contribution in [1.29, 1.82) is 0 Å². The van der Waals surface area contributed by atoms with Gasteiger partial charge in [-0.2, -0.15) is 0 Å². The summed E-state index contributed by atoms with van der Waals surface area (Å²) in [5.41, 5.74) is 1.93. The van der Waals surface area contributed by atoms with Gasteiger partial charge in [0.2, 0.25) is 0 Å². The fraction of sp³-hybridized carbons (Fsp3) is 0.700.